The zero-order chi connectivity index (χ0) is 19.8. The van der Waals surface area contributed by atoms with Gasteiger partial charge in [-0.15, -0.1) is 0 Å². The van der Waals surface area contributed by atoms with Crippen molar-refractivity contribution in [3.63, 3.8) is 0 Å². The third-order valence-corrected chi connectivity index (χ3v) is 5.77. The van der Waals surface area contributed by atoms with Crippen LogP contribution in [0.4, 0.5) is 13.2 Å². The van der Waals surface area contributed by atoms with Crippen LogP contribution >= 0.6 is 0 Å². The molecule has 2 bridgehead atoms. The molecular formula is C21H33F3N4. The SMILES string of the molecule is FC(F)(F)c1ccc(CC2CCNCCNCCNC3CCCN(C2)C3)cc1. The number of hydrogen-bond donors (Lipinski definition) is 3. The Morgan fingerprint density at radius 3 is 2.36 bits per heavy atom. The highest BCUT2D eigenvalue weighted by Gasteiger charge is 2.30. The number of nitrogens with one attached hydrogen (secondary N) is 3. The minimum Gasteiger partial charge on any atom is -0.315 e. The Kier molecular flexibility index (Phi) is 8.14. The van der Waals surface area contributed by atoms with Gasteiger partial charge in [0.2, 0.25) is 0 Å². The summed E-state index contributed by atoms with van der Waals surface area (Å²) in [7, 11) is 0. The standard InChI is InChI=1S/C21H33F3N4/c22-21(23,24)19-5-3-17(4-6-19)14-18-7-8-25-9-10-26-11-12-27-20-2-1-13-28(15-18)16-20/h3-6,18,20,25-27H,1-2,7-16H2. The van der Waals surface area contributed by atoms with E-state index in [0.29, 0.717) is 12.0 Å². The molecule has 0 aromatic heterocycles. The van der Waals surface area contributed by atoms with Crippen molar-refractivity contribution >= 4 is 0 Å². The van der Waals surface area contributed by atoms with Crippen molar-refractivity contribution < 1.29 is 13.2 Å². The number of rotatable bonds is 2. The van der Waals surface area contributed by atoms with E-state index in [1.54, 1.807) is 12.1 Å². The summed E-state index contributed by atoms with van der Waals surface area (Å²) >= 11 is 0. The van der Waals surface area contributed by atoms with E-state index in [9.17, 15) is 13.2 Å². The molecule has 2 saturated heterocycles. The molecule has 158 valence electrons. The minimum absolute atomic E-state index is 0.443. The van der Waals surface area contributed by atoms with Gasteiger partial charge >= 0.3 is 6.18 Å². The maximum atomic E-state index is 12.8. The molecule has 3 N–H and O–H groups in total. The molecule has 2 aliphatic rings. The quantitative estimate of drug-likeness (QED) is 0.716. The number of alkyl halides is 3. The highest BCUT2D eigenvalue weighted by Crippen LogP contribution is 2.29. The van der Waals surface area contributed by atoms with E-state index in [0.717, 1.165) is 70.8 Å². The molecule has 3 rings (SSSR count). The first-order chi connectivity index (χ1) is 13.5. The summed E-state index contributed by atoms with van der Waals surface area (Å²) in [6.07, 6.45) is 0.0247. The van der Waals surface area contributed by atoms with Crippen molar-refractivity contribution in [1.29, 1.82) is 0 Å². The summed E-state index contributed by atoms with van der Waals surface area (Å²) in [6.45, 7) is 8.04. The molecule has 0 radical (unpaired) electrons. The summed E-state index contributed by atoms with van der Waals surface area (Å²) in [5.41, 5.74) is 0.425. The molecule has 4 nitrogen and oxygen atoms in total. The van der Waals surface area contributed by atoms with E-state index in [-0.39, 0.29) is 0 Å². The molecule has 0 amide bonds. The number of nitrogens with zero attached hydrogens (tertiary/aromatic N) is 1. The van der Waals surface area contributed by atoms with E-state index < -0.39 is 11.7 Å². The highest BCUT2D eigenvalue weighted by atomic mass is 19.4. The first-order valence-electron chi connectivity index (χ1n) is 10.5. The Morgan fingerprint density at radius 2 is 1.61 bits per heavy atom. The fourth-order valence-corrected chi connectivity index (χ4v) is 4.27. The number of piperidine rings is 1. The summed E-state index contributed by atoms with van der Waals surface area (Å²) in [5.74, 6) is 0.443. The van der Waals surface area contributed by atoms with E-state index >= 15 is 0 Å². The second-order valence-corrected chi connectivity index (χ2v) is 8.11. The van der Waals surface area contributed by atoms with Gasteiger partial charge < -0.3 is 20.9 Å². The zero-order valence-electron chi connectivity index (χ0n) is 16.5. The number of fused-ring (bicyclic) bond motifs is 2. The number of benzene rings is 1. The van der Waals surface area contributed by atoms with E-state index in [4.69, 9.17) is 0 Å². The molecule has 3 unspecified atom stereocenters. The molecule has 7 heteroatoms. The van der Waals surface area contributed by atoms with Crippen LogP contribution in [0.25, 0.3) is 0 Å². The predicted molar refractivity (Wildman–Crippen MR) is 106 cm³/mol. The Hall–Kier alpha value is -1.15. The van der Waals surface area contributed by atoms with Crippen LogP contribution < -0.4 is 16.0 Å². The van der Waals surface area contributed by atoms with Gasteiger partial charge in [-0.2, -0.15) is 13.2 Å². The number of hydrogen-bond acceptors (Lipinski definition) is 4. The summed E-state index contributed by atoms with van der Waals surface area (Å²) in [4.78, 5) is 2.54. The van der Waals surface area contributed by atoms with Gasteiger partial charge in [0.25, 0.3) is 0 Å². The van der Waals surface area contributed by atoms with Gasteiger partial charge in [0, 0.05) is 45.3 Å². The molecule has 2 heterocycles. The average molecular weight is 399 g/mol. The average Bonchev–Trinajstić information content (AvgIpc) is 2.66. The van der Waals surface area contributed by atoms with Gasteiger partial charge in [-0.05, 0) is 62.4 Å². The van der Waals surface area contributed by atoms with Crippen molar-refractivity contribution in [3.8, 4) is 0 Å². The largest absolute Gasteiger partial charge is 0.416 e. The van der Waals surface area contributed by atoms with Crippen LogP contribution in [0.2, 0.25) is 0 Å². The van der Waals surface area contributed by atoms with Gasteiger partial charge in [-0.1, -0.05) is 12.1 Å². The van der Waals surface area contributed by atoms with Crippen molar-refractivity contribution in [2.75, 3.05) is 52.4 Å². The highest BCUT2D eigenvalue weighted by molar-refractivity contribution is 5.25. The molecule has 28 heavy (non-hydrogen) atoms. The van der Waals surface area contributed by atoms with Crippen LogP contribution in [-0.2, 0) is 12.6 Å². The molecule has 0 aliphatic carbocycles. The maximum Gasteiger partial charge on any atom is 0.416 e. The second-order valence-electron chi connectivity index (χ2n) is 8.11. The summed E-state index contributed by atoms with van der Waals surface area (Å²) < 4.78 is 38.4. The smallest absolute Gasteiger partial charge is 0.315 e. The molecule has 1 aromatic rings. The van der Waals surface area contributed by atoms with Crippen LogP contribution in [0, 0.1) is 5.92 Å². The van der Waals surface area contributed by atoms with Crippen molar-refractivity contribution in [1.82, 2.24) is 20.9 Å². The van der Waals surface area contributed by atoms with Gasteiger partial charge in [0.05, 0.1) is 5.56 Å². The monoisotopic (exact) mass is 398 g/mol. The predicted octanol–water partition coefficient (Wildman–Crippen LogP) is 2.50. The minimum atomic E-state index is -4.27. The van der Waals surface area contributed by atoms with Crippen molar-refractivity contribution in [3.05, 3.63) is 35.4 Å². The van der Waals surface area contributed by atoms with Crippen LogP contribution in [0.5, 0.6) is 0 Å². The second kappa shape index (κ2) is 10.6. The lowest BCUT2D eigenvalue weighted by Crippen LogP contribution is -2.49. The van der Waals surface area contributed by atoms with Crippen molar-refractivity contribution in [2.24, 2.45) is 5.92 Å². The fourth-order valence-electron chi connectivity index (χ4n) is 4.27. The first-order valence-corrected chi connectivity index (χ1v) is 10.5. The third-order valence-electron chi connectivity index (χ3n) is 5.77. The zero-order valence-corrected chi connectivity index (χ0v) is 16.5. The first kappa shape index (κ1) is 21.6. The van der Waals surface area contributed by atoms with Gasteiger partial charge in [-0.25, -0.2) is 0 Å². The van der Waals surface area contributed by atoms with Crippen LogP contribution in [0.1, 0.15) is 30.4 Å². The van der Waals surface area contributed by atoms with Crippen molar-refractivity contribution in [2.45, 2.75) is 37.9 Å². The summed E-state index contributed by atoms with van der Waals surface area (Å²) in [5, 5.41) is 10.6. The Balaban J connectivity index is 1.62. The van der Waals surface area contributed by atoms with Crippen LogP contribution in [0.15, 0.2) is 24.3 Å². The van der Waals surface area contributed by atoms with Gasteiger partial charge in [-0.3, -0.25) is 0 Å². The molecule has 2 aliphatic heterocycles. The third kappa shape index (κ3) is 7.03. The lowest BCUT2D eigenvalue weighted by atomic mass is 9.93. The van der Waals surface area contributed by atoms with Gasteiger partial charge in [0.1, 0.15) is 0 Å². The van der Waals surface area contributed by atoms with E-state index in [1.165, 1.54) is 25.0 Å². The van der Waals surface area contributed by atoms with Gasteiger partial charge in [0.15, 0.2) is 0 Å². The Morgan fingerprint density at radius 1 is 0.893 bits per heavy atom. The molecule has 3 atom stereocenters. The lowest BCUT2D eigenvalue weighted by Gasteiger charge is -2.36. The van der Waals surface area contributed by atoms with E-state index in [1.807, 2.05) is 0 Å². The Labute approximate surface area is 166 Å². The maximum absolute atomic E-state index is 12.8. The molecule has 0 saturated carbocycles. The normalized spacial score (nSPS) is 28.5. The molecular weight excluding hydrogens is 365 g/mol. The van der Waals surface area contributed by atoms with Crippen LogP contribution in [0.3, 0.4) is 0 Å². The van der Waals surface area contributed by atoms with Crippen LogP contribution in [-0.4, -0.2) is 63.3 Å². The molecule has 1 aromatic carbocycles. The lowest BCUT2D eigenvalue weighted by molar-refractivity contribution is -0.137. The van der Waals surface area contributed by atoms with E-state index in [2.05, 4.69) is 20.9 Å². The summed E-state index contributed by atoms with van der Waals surface area (Å²) in [6, 6.07) is 6.26. The fraction of sp³-hybridized carbons (Fsp3) is 0.714. The molecule has 2 fully saturated rings. The number of halogens is 3. The molecule has 0 spiro atoms. The topological polar surface area (TPSA) is 39.3 Å². The Bertz CT molecular complexity index is 576.